The molecule has 0 heterocycles. The van der Waals surface area contributed by atoms with Crippen molar-refractivity contribution in [1.29, 1.82) is 0 Å². The van der Waals surface area contributed by atoms with Gasteiger partial charge < -0.3 is 0 Å². The van der Waals surface area contributed by atoms with E-state index in [4.69, 9.17) is 0 Å². The monoisotopic (exact) mass is 722 g/mol. The molecule has 4 heteroatoms. The minimum Gasteiger partial charge on any atom is -0.147 e. The van der Waals surface area contributed by atoms with Crippen LogP contribution in [0.5, 0.6) is 0 Å². The van der Waals surface area contributed by atoms with Crippen molar-refractivity contribution in [3.8, 4) is 0 Å². The molecule has 0 amide bonds. The smallest absolute Gasteiger partial charge is 0.147 e. The van der Waals surface area contributed by atoms with Gasteiger partial charge in [0.1, 0.15) is 0 Å². The molecule has 0 fully saturated rings. The fraction of sp³-hybridized carbons (Fsp3) is 0.176. The molecule has 4 aromatic rings. The van der Waals surface area contributed by atoms with Gasteiger partial charge in [-0.1, -0.05) is 0 Å². The number of hydrogen-bond donors (Lipinski definition) is 0. The molecule has 0 nitrogen and oxygen atoms in total. The van der Waals surface area contributed by atoms with Crippen LogP contribution < -0.4 is 0 Å². The van der Waals surface area contributed by atoms with Crippen molar-refractivity contribution in [2.45, 2.75) is 36.0 Å². The van der Waals surface area contributed by atoms with E-state index in [-0.39, 0.29) is 24.8 Å². The van der Waals surface area contributed by atoms with Gasteiger partial charge in [0.05, 0.1) is 0 Å². The molecule has 4 aromatic carbocycles. The van der Waals surface area contributed by atoms with Gasteiger partial charge in [0.2, 0.25) is 0 Å². The summed E-state index contributed by atoms with van der Waals surface area (Å²) in [7, 11) is 0. The van der Waals surface area contributed by atoms with E-state index in [9.17, 15) is 0 Å². The maximum atomic E-state index is 2.69. The summed E-state index contributed by atoms with van der Waals surface area (Å²) in [4.78, 5) is 0. The number of rotatable bonds is 4. The largest absolute Gasteiger partial charge is 0.147 e. The Labute approximate surface area is 241 Å². The number of hydrogen-bond acceptors (Lipinski definition) is 0. The molecule has 0 unspecified atom stereocenters. The Morgan fingerprint density at radius 2 is 0.921 bits per heavy atom. The Balaban J connectivity index is 0.00000168. The number of halogens is 2. The Morgan fingerprint density at radius 1 is 0.553 bits per heavy atom. The molecular weight excluding hydrogens is 686 g/mol. The summed E-state index contributed by atoms with van der Waals surface area (Å²) in [5.74, 6) is 0. The average Bonchev–Trinajstić information content (AvgIpc) is 3.47. The van der Waals surface area contributed by atoms with Crippen molar-refractivity contribution in [2.75, 3.05) is 0 Å². The van der Waals surface area contributed by atoms with Crippen molar-refractivity contribution in [3.05, 3.63) is 126 Å². The van der Waals surface area contributed by atoms with Gasteiger partial charge in [0.15, 0.2) is 0 Å². The third-order valence-corrected chi connectivity index (χ3v) is 33.7. The van der Waals surface area contributed by atoms with E-state index in [0.717, 1.165) is 12.8 Å². The average molecular weight is 722 g/mol. The fourth-order valence-corrected chi connectivity index (χ4v) is 29.8. The fourth-order valence-electron chi connectivity index (χ4n) is 6.83. The first-order valence-corrected chi connectivity index (χ1v) is 32.2. The Hall–Kier alpha value is -1.97. The van der Waals surface area contributed by atoms with Gasteiger partial charge in [-0.25, -0.2) is 0 Å². The van der Waals surface area contributed by atoms with E-state index in [1.807, 2.05) is 0 Å². The summed E-state index contributed by atoms with van der Waals surface area (Å²) in [5, 5.41) is 5.41. The SMILES string of the molecule is CC1=[C]([Hf]([CH3])([CH3])(=[SiH2])[C]2=C(C)C=C(c3cccc4ccccc34)C2)CC(c2cccc3ccccc23)=C1.Cl.Cl. The van der Waals surface area contributed by atoms with Gasteiger partial charge in [0.25, 0.3) is 0 Å². The van der Waals surface area contributed by atoms with Crippen molar-refractivity contribution < 1.29 is 17.1 Å². The molecule has 0 saturated heterocycles. The maximum absolute atomic E-state index is 3.51. The second kappa shape index (κ2) is 10.5. The summed E-state index contributed by atoms with van der Waals surface area (Å²) >= 11 is -3.51. The van der Waals surface area contributed by atoms with Crippen LogP contribution in [0.1, 0.15) is 37.8 Å². The van der Waals surface area contributed by atoms with Gasteiger partial charge in [-0.3, -0.25) is 0 Å². The van der Waals surface area contributed by atoms with E-state index in [1.165, 1.54) is 55.0 Å². The second-order valence-corrected chi connectivity index (χ2v) is 52.8. The van der Waals surface area contributed by atoms with E-state index in [0.29, 0.717) is 0 Å². The molecule has 0 spiro atoms. The van der Waals surface area contributed by atoms with Crippen LogP contribution >= 0.6 is 24.8 Å². The van der Waals surface area contributed by atoms with Gasteiger partial charge in [-0.05, 0) is 0 Å². The minimum absolute atomic E-state index is 0. The zero-order chi connectivity index (χ0) is 25.1. The van der Waals surface area contributed by atoms with Gasteiger partial charge >= 0.3 is 219 Å². The third-order valence-electron chi connectivity index (χ3n) is 8.67. The molecular formula is C34H36Cl2HfSi. The van der Waals surface area contributed by atoms with Crippen LogP contribution in [-0.4, -0.2) is 6.94 Å². The zero-order valence-corrected chi connectivity index (χ0v) is 29.3. The van der Waals surface area contributed by atoms with Crippen LogP contribution in [0.4, 0.5) is 0 Å². The van der Waals surface area contributed by atoms with Crippen LogP contribution in [0.15, 0.2) is 115 Å². The molecule has 194 valence electrons. The predicted molar refractivity (Wildman–Crippen MR) is 173 cm³/mol. The van der Waals surface area contributed by atoms with Crippen molar-refractivity contribution in [2.24, 2.45) is 0 Å². The van der Waals surface area contributed by atoms with Gasteiger partial charge in [0, 0.05) is 0 Å². The van der Waals surface area contributed by atoms with Crippen LogP contribution in [-0.2, 0) is 17.1 Å². The molecule has 0 bridgehead atoms. The van der Waals surface area contributed by atoms with E-state index in [1.54, 1.807) is 6.66 Å². The van der Waals surface area contributed by atoms with Crippen LogP contribution in [0.3, 0.4) is 0 Å². The quantitative estimate of drug-likeness (QED) is 0.184. The molecule has 0 atom stereocenters. The zero-order valence-electron chi connectivity index (χ0n) is 22.7. The molecule has 0 N–H and O–H groups in total. The summed E-state index contributed by atoms with van der Waals surface area (Å²) in [6, 6.07) is 31.2. The van der Waals surface area contributed by atoms with E-state index < -0.39 is 17.1 Å². The molecule has 38 heavy (non-hydrogen) atoms. The molecule has 6 rings (SSSR count). The topological polar surface area (TPSA) is 0 Å². The number of benzene rings is 4. The minimum atomic E-state index is -3.51. The summed E-state index contributed by atoms with van der Waals surface area (Å²) in [5.41, 5.74) is 8.85. The van der Waals surface area contributed by atoms with E-state index >= 15 is 0 Å². The standard InChI is InChI=1S/2C16H13.2CH3.2ClH.Hf.H2Si/c2*1-12-9-10-14(11-12)16-8-4-6-13-5-2-3-7-15(13)16;;;;;;/h2*2-8,11H,10H2,1H3;2*1H3;2*1H;;1H2. The first-order chi connectivity index (χ1) is 17.2. The molecule has 0 radical (unpaired) electrons. The Bertz CT molecular complexity index is 1640. The predicted octanol–water partition coefficient (Wildman–Crippen LogP) is 9.99. The normalized spacial score (nSPS) is 15.9. The first kappa shape index (κ1) is 29.0. The Kier molecular flexibility index (Phi) is 8.05. The molecule has 0 aliphatic heterocycles. The van der Waals surface area contributed by atoms with Gasteiger partial charge in [-0.15, -0.1) is 24.8 Å². The first-order valence-electron chi connectivity index (χ1n) is 13.1. The summed E-state index contributed by atoms with van der Waals surface area (Å²) in [6.07, 6.45) is 7.20. The summed E-state index contributed by atoms with van der Waals surface area (Å²) in [6.45, 7) is 7.13. The molecule has 0 aromatic heterocycles. The van der Waals surface area contributed by atoms with Crippen molar-refractivity contribution >= 4 is 64.4 Å². The maximum Gasteiger partial charge on any atom is -0.147 e. The van der Waals surface area contributed by atoms with Crippen LogP contribution in [0, 0.1) is 0 Å². The summed E-state index contributed by atoms with van der Waals surface area (Å²) < 4.78 is 8.92. The van der Waals surface area contributed by atoms with Crippen LogP contribution in [0.25, 0.3) is 32.7 Å². The number of fused-ring (bicyclic) bond motifs is 2. The second-order valence-electron chi connectivity index (χ2n) is 11.8. The molecule has 2 aliphatic carbocycles. The number of allylic oxidation sites excluding steroid dienone is 8. The van der Waals surface area contributed by atoms with Crippen molar-refractivity contribution in [1.82, 2.24) is 0 Å². The van der Waals surface area contributed by atoms with Gasteiger partial charge in [-0.2, -0.15) is 0 Å². The van der Waals surface area contributed by atoms with E-state index in [2.05, 4.69) is 127 Å². The van der Waals surface area contributed by atoms with Crippen LogP contribution in [0.2, 0.25) is 9.36 Å². The Morgan fingerprint density at radius 3 is 1.34 bits per heavy atom. The third kappa shape index (κ3) is 4.79. The molecule has 0 saturated carbocycles. The van der Waals surface area contributed by atoms with Crippen molar-refractivity contribution in [3.63, 3.8) is 0 Å². The molecule has 2 aliphatic rings.